The van der Waals surface area contributed by atoms with Crippen LogP contribution in [0.1, 0.15) is 45.1 Å². The van der Waals surface area contributed by atoms with E-state index in [1.807, 2.05) is 18.2 Å². The molecule has 2 aliphatic rings. The first-order valence-electron chi connectivity index (χ1n) is 9.28. The van der Waals surface area contributed by atoms with Gasteiger partial charge in [0.1, 0.15) is 17.7 Å². The fourth-order valence-electron chi connectivity index (χ4n) is 3.87. The van der Waals surface area contributed by atoms with Gasteiger partial charge in [-0.3, -0.25) is 0 Å². The quantitative estimate of drug-likeness (QED) is 0.691. The monoisotopic (exact) mass is 343 g/mol. The molecule has 1 fully saturated rings. The van der Waals surface area contributed by atoms with E-state index in [1.165, 1.54) is 29.7 Å². The minimum Gasteiger partial charge on any atom is -0.372 e. The first kappa shape index (κ1) is 18.0. The molecule has 3 rings (SSSR count). The van der Waals surface area contributed by atoms with Gasteiger partial charge in [0.15, 0.2) is 0 Å². The molecule has 1 aromatic carbocycles. The predicted molar refractivity (Wildman–Crippen MR) is 106 cm³/mol. The fraction of sp³-hybridized carbons (Fsp3) is 0.391. The van der Waals surface area contributed by atoms with Crippen LogP contribution < -0.4 is 4.90 Å². The maximum absolute atomic E-state index is 9.18. The van der Waals surface area contributed by atoms with Crippen molar-refractivity contribution in [3.8, 4) is 12.1 Å². The summed E-state index contributed by atoms with van der Waals surface area (Å²) in [5, 5.41) is 18.4. The highest BCUT2D eigenvalue weighted by molar-refractivity contribution is 5.59. The van der Waals surface area contributed by atoms with E-state index < -0.39 is 0 Å². The third-order valence-corrected chi connectivity index (χ3v) is 5.11. The van der Waals surface area contributed by atoms with E-state index in [0.29, 0.717) is 0 Å². The topological polar surface area (TPSA) is 50.8 Å². The van der Waals surface area contributed by atoms with Crippen molar-refractivity contribution in [1.29, 1.82) is 10.5 Å². The minimum absolute atomic E-state index is 0.0579. The van der Waals surface area contributed by atoms with Crippen LogP contribution in [0.25, 0.3) is 6.08 Å². The highest BCUT2D eigenvalue weighted by atomic mass is 15.1. The van der Waals surface area contributed by atoms with E-state index in [4.69, 9.17) is 0 Å². The van der Waals surface area contributed by atoms with Gasteiger partial charge in [-0.05, 0) is 59.9 Å². The first-order chi connectivity index (χ1) is 12.5. The highest BCUT2D eigenvalue weighted by Crippen LogP contribution is 2.39. The molecule has 3 nitrogen and oxygen atoms in total. The van der Waals surface area contributed by atoms with E-state index in [9.17, 15) is 10.5 Å². The largest absolute Gasteiger partial charge is 0.372 e. The second kappa shape index (κ2) is 7.63. The molecule has 132 valence electrons. The second-order valence-electron chi connectivity index (χ2n) is 7.98. The molecule has 1 saturated heterocycles. The summed E-state index contributed by atoms with van der Waals surface area (Å²) in [7, 11) is 0. The Balaban J connectivity index is 1.79. The van der Waals surface area contributed by atoms with E-state index >= 15 is 0 Å². The Labute approximate surface area is 156 Å². The van der Waals surface area contributed by atoms with Gasteiger partial charge < -0.3 is 4.90 Å². The fourth-order valence-corrected chi connectivity index (χ4v) is 3.87. The average Bonchev–Trinajstić information content (AvgIpc) is 3.15. The van der Waals surface area contributed by atoms with Crippen LogP contribution in [-0.4, -0.2) is 13.1 Å². The average molecular weight is 343 g/mol. The normalized spacial score (nSPS) is 19.2. The van der Waals surface area contributed by atoms with Crippen LogP contribution >= 0.6 is 0 Å². The summed E-state index contributed by atoms with van der Waals surface area (Å²) in [6.45, 7) is 6.69. The standard InChI is InChI=1S/C23H25N3/c1-23(2)14-19(13-20(15-23)21(16-24)17-25)6-5-18-7-9-22(10-8-18)26-11-3-4-12-26/h5-10,13H,3-4,11-12,14-15H2,1-2H3/b6-5+. The molecule has 0 aromatic heterocycles. The molecule has 3 heteroatoms. The molecule has 0 saturated carbocycles. The van der Waals surface area contributed by atoms with Crippen LogP contribution in [0.3, 0.4) is 0 Å². The van der Waals surface area contributed by atoms with Crippen LogP contribution in [-0.2, 0) is 0 Å². The van der Waals surface area contributed by atoms with Gasteiger partial charge in [0, 0.05) is 18.8 Å². The Bertz CT molecular complexity index is 817. The Hall–Kier alpha value is -2.78. The molecule has 0 unspecified atom stereocenters. The zero-order valence-corrected chi connectivity index (χ0v) is 15.6. The van der Waals surface area contributed by atoms with Gasteiger partial charge in [-0.15, -0.1) is 0 Å². The van der Waals surface area contributed by atoms with Crippen molar-refractivity contribution in [3.05, 3.63) is 58.7 Å². The molecule has 0 bridgehead atoms. The van der Waals surface area contributed by atoms with Crippen molar-refractivity contribution >= 4 is 11.8 Å². The number of nitrogens with zero attached hydrogens (tertiary/aromatic N) is 3. The van der Waals surface area contributed by atoms with Crippen molar-refractivity contribution in [1.82, 2.24) is 0 Å². The molecule has 0 radical (unpaired) electrons. The highest BCUT2D eigenvalue weighted by Gasteiger charge is 2.26. The van der Waals surface area contributed by atoms with Crippen molar-refractivity contribution in [2.45, 2.75) is 39.5 Å². The SMILES string of the molecule is CC1(C)CC(/C=C/c2ccc(N3CCCC3)cc2)=CC(=C(C#N)C#N)C1. The minimum atomic E-state index is 0.0579. The smallest absolute Gasteiger partial charge is 0.132 e. The summed E-state index contributed by atoms with van der Waals surface area (Å²) in [5.41, 5.74) is 4.79. The Kier molecular flexibility index (Phi) is 5.29. The van der Waals surface area contributed by atoms with Crippen LogP contribution in [0.15, 0.2) is 53.1 Å². The van der Waals surface area contributed by atoms with Gasteiger partial charge in [-0.2, -0.15) is 10.5 Å². The van der Waals surface area contributed by atoms with Gasteiger partial charge in [-0.1, -0.05) is 44.2 Å². The van der Waals surface area contributed by atoms with Crippen molar-refractivity contribution < 1.29 is 0 Å². The van der Waals surface area contributed by atoms with Gasteiger partial charge in [0.25, 0.3) is 0 Å². The van der Waals surface area contributed by atoms with Crippen LogP contribution in [0.4, 0.5) is 5.69 Å². The summed E-state index contributed by atoms with van der Waals surface area (Å²) >= 11 is 0. The zero-order valence-electron chi connectivity index (χ0n) is 15.6. The van der Waals surface area contributed by atoms with Crippen LogP contribution in [0.2, 0.25) is 0 Å². The number of anilines is 1. The lowest BCUT2D eigenvalue weighted by Gasteiger charge is -2.30. The molecule has 0 atom stereocenters. The Morgan fingerprint density at radius 3 is 2.27 bits per heavy atom. The maximum Gasteiger partial charge on any atom is 0.132 e. The summed E-state index contributed by atoms with van der Waals surface area (Å²) in [4.78, 5) is 2.43. The first-order valence-corrected chi connectivity index (χ1v) is 9.28. The molecule has 1 aliphatic heterocycles. The van der Waals surface area contributed by atoms with E-state index in [2.05, 4.69) is 55.2 Å². The molecular weight excluding hydrogens is 318 g/mol. The molecule has 0 spiro atoms. The molecule has 1 aromatic rings. The number of rotatable bonds is 3. The van der Waals surface area contributed by atoms with Gasteiger partial charge in [0.05, 0.1) is 0 Å². The lowest BCUT2D eigenvalue weighted by Crippen LogP contribution is -2.17. The summed E-state index contributed by atoms with van der Waals surface area (Å²) in [5.74, 6) is 0. The molecule has 1 aliphatic carbocycles. The second-order valence-corrected chi connectivity index (χ2v) is 7.98. The number of allylic oxidation sites excluding steroid dienone is 5. The molecule has 1 heterocycles. The van der Waals surface area contributed by atoms with Crippen molar-refractivity contribution in [2.24, 2.45) is 5.41 Å². The molecular formula is C23H25N3. The number of nitriles is 2. The zero-order chi connectivity index (χ0) is 18.6. The Morgan fingerprint density at radius 1 is 1.00 bits per heavy atom. The van der Waals surface area contributed by atoms with Crippen LogP contribution in [0, 0.1) is 28.1 Å². The summed E-state index contributed by atoms with van der Waals surface area (Å²) < 4.78 is 0. The summed E-state index contributed by atoms with van der Waals surface area (Å²) in [6, 6.07) is 12.8. The summed E-state index contributed by atoms with van der Waals surface area (Å²) in [6.07, 6.45) is 10.6. The van der Waals surface area contributed by atoms with Crippen molar-refractivity contribution in [2.75, 3.05) is 18.0 Å². The lowest BCUT2D eigenvalue weighted by molar-refractivity contribution is 0.354. The van der Waals surface area contributed by atoms with E-state index in [0.717, 1.165) is 31.5 Å². The predicted octanol–water partition coefficient (Wildman–Crippen LogP) is 5.39. The third-order valence-electron chi connectivity index (χ3n) is 5.11. The van der Waals surface area contributed by atoms with Crippen LogP contribution in [0.5, 0.6) is 0 Å². The van der Waals surface area contributed by atoms with Gasteiger partial charge in [-0.25, -0.2) is 0 Å². The molecule has 0 N–H and O–H groups in total. The number of benzene rings is 1. The number of hydrogen-bond acceptors (Lipinski definition) is 3. The molecule has 26 heavy (non-hydrogen) atoms. The maximum atomic E-state index is 9.18. The van der Waals surface area contributed by atoms with E-state index in [-0.39, 0.29) is 11.0 Å². The third kappa shape index (κ3) is 4.24. The number of hydrogen-bond donors (Lipinski definition) is 0. The van der Waals surface area contributed by atoms with Gasteiger partial charge in [0.2, 0.25) is 0 Å². The Morgan fingerprint density at radius 2 is 1.65 bits per heavy atom. The lowest BCUT2D eigenvalue weighted by atomic mass is 9.74. The van der Waals surface area contributed by atoms with E-state index in [1.54, 1.807) is 0 Å². The van der Waals surface area contributed by atoms with Crippen molar-refractivity contribution in [3.63, 3.8) is 0 Å². The van der Waals surface area contributed by atoms with Gasteiger partial charge >= 0.3 is 0 Å². The molecule has 0 amide bonds.